The fraction of sp³-hybridized carbons (Fsp3) is 0.176. The van der Waals surface area contributed by atoms with Crippen molar-refractivity contribution >= 4 is 39.9 Å². The summed E-state index contributed by atoms with van der Waals surface area (Å²) < 4.78 is 0. The molecular weight excluding hydrogens is 345 g/mol. The molecule has 0 aliphatic rings. The van der Waals surface area contributed by atoms with Gasteiger partial charge in [-0.15, -0.1) is 0 Å². The highest BCUT2D eigenvalue weighted by atomic mass is 35.5. The van der Waals surface area contributed by atoms with Crippen LogP contribution in [0.5, 0.6) is 0 Å². The first-order valence-corrected chi connectivity index (χ1v) is 8.00. The third-order valence-electron chi connectivity index (χ3n) is 3.84. The minimum absolute atomic E-state index is 0.0839. The van der Waals surface area contributed by atoms with Crippen LogP contribution in [0.4, 0.5) is 5.82 Å². The second-order valence-corrected chi connectivity index (χ2v) is 6.09. The molecule has 0 saturated carbocycles. The van der Waals surface area contributed by atoms with Gasteiger partial charge in [0.2, 0.25) is 5.28 Å². The van der Waals surface area contributed by atoms with E-state index in [4.69, 9.17) is 23.2 Å². The quantitative estimate of drug-likeness (QED) is 0.543. The highest BCUT2D eigenvalue weighted by Crippen LogP contribution is 2.28. The summed E-state index contributed by atoms with van der Waals surface area (Å²) in [7, 11) is 0. The summed E-state index contributed by atoms with van der Waals surface area (Å²) in [5, 5.41) is 13.7. The van der Waals surface area contributed by atoms with Crippen LogP contribution in [-0.4, -0.2) is 15.0 Å². The van der Waals surface area contributed by atoms with Gasteiger partial charge in [-0.2, -0.15) is 5.26 Å². The molecule has 0 fully saturated rings. The number of hydrogen-bond acceptors (Lipinski definition) is 5. The standard InChI is InChI=1S/C17H13Cl2N5/c1-9-11(7-20)4-3-5-12(9)10(2)22-16-13-6-15(18)21-8-14(13)23-17(19)24-16/h3-6,8,10H,1-2H3,(H,22,23,24). The van der Waals surface area contributed by atoms with E-state index in [0.29, 0.717) is 22.1 Å². The number of nitrogens with one attached hydrogen (secondary N) is 1. The van der Waals surface area contributed by atoms with Crippen molar-refractivity contribution in [1.82, 2.24) is 15.0 Å². The third kappa shape index (κ3) is 3.12. The molecule has 1 unspecified atom stereocenters. The van der Waals surface area contributed by atoms with E-state index in [1.54, 1.807) is 18.3 Å². The number of benzene rings is 1. The number of halogens is 2. The van der Waals surface area contributed by atoms with Crippen LogP contribution >= 0.6 is 23.2 Å². The summed E-state index contributed by atoms with van der Waals surface area (Å²) in [5.41, 5.74) is 3.21. The third-order valence-corrected chi connectivity index (χ3v) is 4.21. The normalized spacial score (nSPS) is 12.0. The van der Waals surface area contributed by atoms with Gasteiger partial charge in [-0.25, -0.2) is 15.0 Å². The van der Waals surface area contributed by atoms with Crippen molar-refractivity contribution in [2.75, 3.05) is 5.32 Å². The number of nitriles is 1. The summed E-state index contributed by atoms with van der Waals surface area (Å²) in [4.78, 5) is 12.4. The maximum Gasteiger partial charge on any atom is 0.224 e. The molecule has 2 heterocycles. The smallest absolute Gasteiger partial charge is 0.224 e. The second-order valence-electron chi connectivity index (χ2n) is 5.36. The van der Waals surface area contributed by atoms with Crippen molar-refractivity contribution in [2.24, 2.45) is 0 Å². The van der Waals surface area contributed by atoms with E-state index in [1.165, 1.54) is 0 Å². The van der Waals surface area contributed by atoms with Crippen LogP contribution in [0, 0.1) is 18.3 Å². The highest BCUT2D eigenvalue weighted by molar-refractivity contribution is 6.30. The van der Waals surface area contributed by atoms with Crippen LogP contribution in [-0.2, 0) is 0 Å². The van der Waals surface area contributed by atoms with Crippen LogP contribution in [0.1, 0.15) is 29.7 Å². The lowest BCUT2D eigenvalue weighted by Gasteiger charge is -2.19. The van der Waals surface area contributed by atoms with E-state index >= 15 is 0 Å². The molecule has 0 aliphatic carbocycles. The Labute approximate surface area is 149 Å². The molecule has 1 aromatic carbocycles. The van der Waals surface area contributed by atoms with Gasteiger partial charge < -0.3 is 5.32 Å². The molecule has 1 N–H and O–H groups in total. The largest absolute Gasteiger partial charge is 0.363 e. The summed E-state index contributed by atoms with van der Waals surface area (Å²) in [6, 6.07) is 9.46. The monoisotopic (exact) mass is 357 g/mol. The van der Waals surface area contributed by atoms with Gasteiger partial charge in [0.05, 0.1) is 29.4 Å². The summed E-state index contributed by atoms with van der Waals surface area (Å²) >= 11 is 12.0. The molecule has 24 heavy (non-hydrogen) atoms. The van der Waals surface area contributed by atoms with Crippen LogP contribution < -0.4 is 5.32 Å². The predicted molar refractivity (Wildman–Crippen MR) is 95.3 cm³/mol. The lowest BCUT2D eigenvalue weighted by atomic mass is 9.98. The Kier molecular flexibility index (Phi) is 4.52. The Bertz CT molecular complexity index is 965. The first-order valence-electron chi connectivity index (χ1n) is 7.24. The first-order chi connectivity index (χ1) is 11.5. The number of nitrogens with zero attached hydrogens (tertiary/aromatic N) is 4. The molecule has 120 valence electrons. The van der Waals surface area contributed by atoms with Crippen molar-refractivity contribution in [3.05, 3.63) is 57.6 Å². The molecule has 0 radical (unpaired) electrons. The Balaban J connectivity index is 2.04. The molecular formula is C17H13Cl2N5. The van der Waals surface area contributed by atoms with E-state index < -0.39 is 0 Å². The predicted octanol–water partition coefficient (Wildman–Crippen LogP) is 4.68. The Morgan fingerprint density at radius 3 is 2.79 bits per heavy atom. The average Bonchev–Trinajstić information content (AvgIpc) is 2.55. The maximum atomic E-state index is 9.19. The minimum atomic E-state index is -0.0839. The molecule has 2 aromatic heterocycles. The Morgan fingerprint density at radius 2 is 2.04 bits per heavy atom. The van der Waals surface area contributed by atoms with Crippen molar-refractivity contribution in [2.45, 2.75) is 19.9 Å². The SMILES string of the molecule is Cc1c(C#N)cccc1C(C)Nc1nc(Cl)nc2cnc(Cl)cc12. The van der Waals surface area contributed by atoms with E-state index in [9.17, 15) is 5.26 Å². The minimum Gasteiger partial charge on any atom is -0.363 e. The Hall–Kier alpha value is -2.42. The molecule has 5 nitrogen and oxygen atoms in total. The Morgan fingerprint density at radius 1 is 1.25 bits per heavy atom. The van der Waals surface area contributed by atoms with Crippen molar-refractivity contribution < 1.29 is 0 Å². The number of anilines is 1. The molecule has 3 rings (SSSR count). The van der Waals surface area contributed by atoms with Crippen LogP contribution in [0.3, 0.4) is 0 Å². The van der Waals surface area contributed by atoms with Crippen molar-refractivity contribution in [1.29, 1.82) is 5.26 Å². The number of fused-ring (bicyclic) bond motifs is 1. The van der Waals surface area contributed by atoms with Crippen LogP contribution in [0.25, 0.3) is 10.9 Å². The lowest BCUT2D eigenvalue weighted by Crippen LogP contribution is -2.11. The van der Waals surface area contributed by atoms with E-state index in [-0.39, 0.29) is 11.3 Å². The fourth-order valence-electron chi connectivity index (χ4n) is 2.61. The average molecular weight is 358 g/mol. The van der Waals surface area contributed by atoms with Gasteiger partial charge >= 0.3 is 0 Å². The zero-order valence-electron chi connectivity index (χ0n) is 13.0. The van der Waals surface area contributed by atoms with Crippen LogP contribution in [0.2, 0.25) is 10.4 Å². The van der Waals surface area contributed by atoms with E-state index in [2.05, 4.69) is 26.3 Å². The van der Waals surface area contributed by atoms with E-state index in [0.717, 1.165) is 16.5 Å². The van der Waals surface area contributed by atoms with Crippen molar-refractivity contribution in [3.8, 4) is 6.07 Å². The van der Waals surface area contributed by atoms with Gasteiger partial charge in [-0.3, -0.25) is 0 Å². The molecule has 7 heteroatoms. The number of pyridine rings is 1. The maximum absolute atomic E-state index is 9.19. The van der Waals surface area contributed by atoms with E-state index in [1.807, 2.05) is 26.0 Å². The lowest BCUT2D eigenvalue weighted by molar-refractivity contribution is 0.865. The molecule has 0 spiro atoms. The highest BCUT2D eigenvalue weighted by Gasteiger charge is 2.14. The number of hydrogen-bond donors (Lipinski definition) is 1. The molecule has 0 aliphatic heterocycles. The molecule has 1 atom stereocenters. The molecule has 0 amide bonds. The van der Waals surface area contributed by atoms with Gasteiger partial charge in [0, 0.05) is 5.39 Å². The number of aromatic nitrogens is 3. The molecule has 0 bridgehead atoms. The van der Waals surface area contributed by atoms with Gasteiger partial charge in [0.15, 0.2) is 0 Å². The van der Waals surface area contributed by atoms with Crippen molar-refractivity contribution in [3.63, 3.8) is 0 Å². The van der Waals surface area contributed by atoms with Gasteiger partial charge in [0.25, 0.3) is 0 Å². The molecule has 3 aromatic rings. The summed E-state index contributed by atoms with van der Waals surface area (Å²) in [6.45, 7) is 3.92. The second kappa shape index (κ2) is 6.60. The van der Waals surface area contributed by atoms with Gasteiger partial charge in [0.1, 0.15) is 11.0 Å². The van der Waals surface area contributed by atoms with Crippen LogP contribution in [0.15, 0.2) is 30.5 Å². The summed E-state index contributed by atoms with van der Waals surface area (Å²) in [6.07, 6.45) is 1.56. The zero-order valence-corrected chi connectivity index (χ0v) is 14.5. The molecule has 0 saturated heterocycles. The van der Waals surface area contributed by atoms with Gasteiger partial charge in [-0.1, -0.05) is 23.7 Å². The zero-order chi connectivity index (χ0) is 17.3. The summed E-state index contributed by atoms with van der Waals surface area (Å²) in [5.74, 6) is 0.573. The number of rotatable bonds is 3. The van der Waals surface area contributed by atoms with Gasteiger partial charge in [-0.05, 0) is 48.7 Å². The fourth-order valence-corrected chi connectivity index (χ4v) is 2.95. The first kappa shape index (κ1) is 16.4. The topological polar surface area (TPSA) is 74.5 Å².